The molecule has 0 fully saturated rings. The summed E-state index contributed by atoms with van der Waals surface area (Å²) in [5, 5.41) is 17.1. The van der Waals surface area contributed by atoms with Gasteiger partial charge in [-0.2, -0.15) is 20.5 Å². The second-order valence-electron chi connectivity index (χ2n) is 11.3. The van der Waals surface area contributed by atoms with Gasteiger partial charge in [0.05, 0.1) is 52.1 Å². The third kappa shape index (κ3) is 11.3. The molecule has 0 saturated heterocycles. The third-order valence-corrected chi connectivity index (χ3v) is 7.60. The van der Waals surface area contributed by atoms with Crippen molar-refractivity contribution in [3.63, 3.8) is 0 Å². The summed E-state index contributed by atoms with van der Waals surface area (Å²) in [6.45, 7) is 5.58. The van der Waals surface area contributed by atoms with Gasteiger partial charge in [0.2, 0.25) is 0 Å². The Hall–Kier alpha value is -5.87. The van der Waals surface area contributed by atoms with Gasteiger partial charge in [-0.3, -0.25) is 0 Å². The maximum atomic E-state index is 12.9. The Bertz CT molecular complexity index is 1950. The Labute approximate surface area is 301 Å². The molecule has 0 aliphatic rings. The summed E-state index contributed by atoms with van der Waals surface area (Å²) in [6.07, 6.45) is 4.14. The van der Waals surface area contributed by atoms with Crippen LogP contribution in [0.1, 0.15) is 60.2 Å². The minimum absolute atomic E-state index is 0.0363. The number of rotatable bonds is 16. The molecule has 0 bridgehead atoms. The third-order valence-electron chi connectivity index (χ3n) is 7.29. The summed E-state index contributed by atoms with van der Waals surface area (Å²) < 4.78 is 22.4. The van der Waals surface area contributed by atoms with E-state index >= 15 is 0 Å². The molecule has 0 spiro atoms. The monoisotopic (exact) mass is 704 g/mol. The average molecular weight is 705 g/mol. The molecule has 0 heterocycles. The summed E-state index contributed by atoms with van der Waals surface area (Å²) in [4.78, 5) is 25.8. The van der Waals surface area contributed by atoms with Crippen molar-refractivity contribution in [2.45, 2.75) is 39.5 Å². The average Bonchev–Trinajstić information content (AvgIpc) is 3.16. The van der Waals surface area contributed by atoms with E-state index in [9.17, 15) is 9.59 Å². The van der Waals surface area contributed by atoms with Gasteiger partial charge in [0, 0.05) is 6.07 Å². The first kappa shape index (κ1) is 36.4. The van der Waals surface area contributed by atoms with E-state index in [1.165, 1.54) is 18.2 Å². The Morgan fingerprint density at radius 3 is 1.29 bits per heavy atom. The maximum absolute atomic E-state index is 12.9. The molecule has 0 aliphatic carbocycles. The number of ether oxygens (including phenoxy) is 4. The lowest BCUT2D eigenvalue weighted by molar-refractivity contribution is 0.0733. The topological polar surface area (TPSA) is 121 Å². The van der Waals surface area contributed by atoms with Crippen molar-refractivity contribution in [2.75, 3.05) is 13.2 Å². The second kappa shape index (κ2) is 18.8. The lowest BCUT2D eigenvalue weighted by Gasteiger charge is -2.09. The SMILES string of the molecule is CCCCOc1ccc(N=Nc2ccc(C(=O)Oc3ccc(Cl)c(OC(=O)c4ccc(N=Nc5ccc(OCCCC)cc5)cc4)c3)cc2)cc1. The van der Waals surface area contributed by atoms with Crippen molar-refractivity contribution in [3.05, 3.63) is 131 Å². The van der Waals surface area contributed by atoms with E-state index in [0.717, 1.165) is 37.2 Å². The molecule has 0 radical (unpaired) electrons. The number of hydrogen-bond acceptors (Lipinski definition) is 10. The molecule has 0 N–H and O–H groups in total. The largest absolute Gasteiger partial charge is 0.494 e. The first-order chi connectivity index (χ1) is 24.9. The molecule has 0 amide bonds. The Morgan fingerprint density at radius 2 is 0.882 bits per heavy atom. The lowest BCUT2D eigenvalue weighted by atomic mass is 10.2. The number of nitrogens with zero attached hydrogens (tertiary/aromatic N) is 4. The number of azo groups is 2. The zero-order valence-electron chi connectivity index (χ0n) is 28.3. The van der Waals surface area contributed by atoms with Crippen molar-refractivity contribution in [2.24, 2.45) is 20.5 Å². The highest BCUT2D eigenvalue weighted by Gasteiger charge is 2.15. The van der Waals surface area contributed by atoms with Gasteiger partial charge in [-0.1, -0.05) is 38.3 Å². The standard InChI is InChI=1S/C40H37ClN4O6/c1-3-5-25-48-34-19-15-32(16-20-34)44-42-30-11-7-28(8-12-30)39(46)50-36-23-24-37(41)38(27-36)51-40(47)29-9-13-31(14-10-29)43-45-33-17-21-35(22-18-33)49-26-6-4-2/h7-24,27H,3-6,25-26H2,1-2H3. The van der Waals surface area contributed by atoms with Gasteiger partial charge < -0.3 is 18.9 Å². The minimum Gasteiger partial charge on any atom is -0.494 e. The fourth-order valence-corrected chi connectivity index (χ4v) is 4.55. The van der Waals surface area contributed by atoms with Crippen LogP contribution in [-0.4, -0.2) is 25.2 Å². The van der Waals surface area contributed by atoms with Crippen LogP contribution in [0.15, 0.2) is 136 Å². The van der Waals surface area contributed by atoms with E-state index in [1.807, 2.05) is 48.5 Å². The molecule has 260 valence electrons. The van der Waals surface area contributed by atoms with E-state index in [1.54, 1.807) is 48.5 Å². The van der Waals surface area contributed by atoms with Crippen LogP contribution in [0.4, 0.5) is 22.7 Å². The summed E-state index contributed by atoms with van der Waals surface area (Å²) in [7, 11) is 0. The maximum Gasteiger partial charge on any atom is 0.343 e. The summed E-state index contributed by atoms with van der Waals surface area (Å²) in [5.74, 6) is 0.490. The zero-order valence-corrected chi connectivity index (χ0v) is 29.1. The predicted octanol–water partition coefficient (Wildman–Crippen LogP) is 12.0. The van der Waals surface area contributed by atoms with Gasteiger partial charge in [-0.05, 0) is 122 Å². The van der Waals surface area contributed by atoms with E-state index < -0.39 is 11.9 Å². The molecule has 5 rings (SSSR count). The van der Waals surface area contributed by atoms with Crippen LogP contribution in [0.3, 0.4) is 0 Å². The molecule has 0 aromatic heterocycles. The molecule has 11 heteroatoms. The molecule has 5 aromatic rings. The number of unbranched alkanes of at least 4 members (excludes halogenated alkanes) is 2. The Morgan fingerprint density at radius 1 is 0.510 bits per heavy atom. The van der Waals surface area contributed by atoms with Crippen molar-refractivity contribution in [1.82, 2.24) is 0 Å². The highest BCUT2D eigenvalue weighted by Crippen LogP contribution is 2.31. The molecule has 0 saturated carbocycles. The zero-order chi connectivity index (χ0) is 35.8. The van der Waals surface area contributed by atoms with Crippen LogP contribution >= 0.6 is 11.6 Å². The molecule has 0 atom stereocenters. The molecule has 0 unspecified atom stereocenters. The summed E-state index contributed by atoms with van der Waals surface area (Å²) >= 11 is 6.29. The molecule has 5 aromatic carbocycles. The smallest absolute Gasteiger partial charge is 0.343 e. The van der Waals surface area contributed by atoms with Crippen molar-refractivity contribution in [1.29, 1.82) is 0 Å². The predicted molar refractivity (Wildman–Crippen MR) is 196 cm³/mol. The van der Waals surface area contributed by atoms with Crippen LogP contribution in [0.25, 0.3) is 0 Å². The van der Waals surface area contributed by atoms with E-state index in [2.05, 4.69) is 34.3 Å². The van der Waals surface area contributed by atoms with Gasteiger partial charge in [0.25, 0.3) is 0 Å². The van der Waals surface area contributed by atoms with Gasteiger partial charge in [0.15, 0.2) is 5.75 Å². The summed E-state index contributed by atoms with van der Waals surface area (Å²) in [6, 6.07) is 32.0. The summed E-state index contributed by atoms with van der Waals surface area (Å²) in [5.41, 5.74) is 3.02. The van der Waals surface area contributed by atoms with Gasteiger partial charge in [-0.25, -0.2) is 9.59 Å². The molecule has 10 nitrogen and oxygen atoms in total. The van der Waals surface area contributed by atoms with Crippen LogP contribution in [0.2, 0.25) is 5.02 Å². The van der Waals surface area contributed by atoms with Gasteiger partial charge in [-0.15, -0.1) is 0 Å². The first-order valence-corrected chi connectivity index (χ1v) is 17.0. The fraction of sp³-hybridized carbons (Fsp3) is 0.200. The molecule has 51 heavy (non-hydrogen) atoms. The van der Waals surface area contributed by atoms with Crippen molar-refractivity contribution < 1.29 is 28.5 Å². The van der Waals surface area contributed by atoms with Crippen LogP contribution < -0.4 is 18.9 Å². The van der Waals surface area contributed by atoms with Gasteiger partial charge in [0.1, 0.15) is 17.2 Å². The molecular formula is C40H37ClN4O6. The number of esters is 2. The first-order valence-electron chi connectivity index (χ1n) is 16.6. The van der Waals surface area contributed by atoms with Crippen molar-refractivity contribution >= 4 is 46.3 Å². The lowest BCUT2D eigenvalue weighted by Crippen LogP contribution is -2.10. The molecular weight excluding hydrogens is 668 g/mol. The Balaban J connectivity index is 1.13. The highest BCUT2D eigenvalue weighted by atomic mass is 35.5. The number of hydrogen-bond donors (Lipinski definition) is 0. The number of carbonyl (C=O) groups excluding carboxylic acids is 2. The van der Waals surface area contributed by atoms with Crippen molar-refractivity contribution in [3.8, 4) is 23.0 Å². The Kier molecular flexibility index (Phi) is 13.4. The number of halogens is 1. The normalized spacial score (nSPS) is 11.1. The minimum atomic E-state index is -0.650. The van der Waals surface area contributed by atoms with Crippen LogP contribution in [0.5, 0.6) is 23.0 Å². The van der Waals surface area contributed by atoms with E-state index in [-0.39, 0.29) is 22.1 Å². The number of benzene rings is 5. The quantitative estimate of drug-likeness (QED) is 0.0436. The van der Waals surface area contributed by atoms with E-state index in [0.29, 0.717) is 41.5 Å². The van der Waals surface area contributed by atoms with Crippen LogP contribution in [-0.2, 0) is 0 Å². The fourth-order valence-electron chi connectivity index (χ4n) is 4.40. The highest BCUT2D eigenvalue weighted by molar-refractivity contribution is 6.32. The van der Waals surface area contributed by atoms with E-state index in [4.69, 9.17) is 30.5 Å². The van der Waals surface area contributed by atoms with Gasteiger partial charge >= 0.3 is 11.9 Å². The second-order valence-corrected chi connectivity index (χ2v) is 11.7. The molecule has 0 aliphatic heterocycles. The number of carbonyl (C=O) groups is 2. The van der Waals surface area contributed by atoms with Crippen LogP contribution in [0, 0.1) is 0 Å².